The summed E-state index contributed by atoms with van der Waals surface area (Å²) in [5, 5.41) is 2.61. The predicted octanol–water partition coefficient (Wildman–Crippen LogP) is 3.37. The number of methoxy groups -OCH3 is 1. The number of hydrogen-bond acceptors (Lipinski definition) is 3. The van der Waals surface area contributed by atoms with Gasteiger partial charge < -0.3 is 15.0 Å². The van der Waals surface area contributed by atoms with E-state index in [2.05, 4.69) is 22.3 Å². The quantitative estimate of drug-likeness (QED) is 0.872. The number of piperazine rings is 1. The van der Waals surface area contributed by atoms with E-state index in [0.29, 0.717) is 13.1 Å². The largest absolute Gasteiger partial charge is 0.497 e. The molecule has 144 valence electrons. The van der Waals surface area contributed by atoms with Crippen LogP contribution in [-0.2, 0) is 6.42 Å². The predicted molar refractivity (Wildman–Crippen MR) is 100 cm³/mol. The zero-order valence-corrected chi connectivity index (χ0v) is 15.3. The standard InChI is InChI=1S/C20H23F2N3O2/c1-27-17-5-2-15(3-6-17)8-9-24-10-12-25(13-11-24)20(26)23-16-4-7-18(21)19(22)14-16/h2-7,14H,8-13H2,1H3,(H,23,26). The third-order valence-electron chi connectivity index (χ3n) is 4.71. The summed E-state index contributed by atoms with van der Waals surface area (Å²) >= 11 is 0. The lowest BCUT2D eigenvalue weighted by Crippen LogP contribution is -2.50. The molecule has 0 aromatic heterocycles. The Bertz CT molecular complexity index is 775. The Kier molecular flexibility index (Phi) is 6.24. The van der Waals surface area contributed by atoms with Crippen molar-refractivity contribution in [3.05, 3.63) is 59.7 Å². The van der Waals surface area contributed by atoms with Crippen molar-refractivity contribution in [1.29, 1.82) is 0 Å². The molecule has 0 aliphatic carbocycles. The van der Waals surface area contributed by atoms with Gasteiger partial charge in [0, 0.05) is 44.5 Å². The van der Waals surface area contributed by atoms with Gasteiger partial charge in [0.25, 0.3) is 0 Å². The van der Waals surface area contributed by atoms with Crippen molar-refractivity contribution >= 4 is 11.7 Å². The van der Waals surface area contributed by atoms with Gasteiger partial charge in [0.05, 0.1) is 7.11 Å². The minimum absolute atomic E-state index is 0.251. The molecule has 5 nitrogen and oxygen atoms in total. The van der Waals surface area contributed by atoms with Crippen LogP contribution < -0.4 is 10.1 Å². The van der Waals surface area contributed by atoms with Gasteiger partial charge in [-0.1, -0.05) is 12.1 Å². The molecule has 0 unspecified atom stereocenters. The molecule has 1 N–H and O–H groups in total. The second-order valence-corrected chi connectivity index (χ2v) is 6.49. The van der Waals surface area contributed by atoms with Gasteiger partial charge in [0.1, 0.15) is 5.75 Å². The number of carbonyl (C=O) groups is 1. The molecule has 1 saturated heterocycles. The Morgan fingerprint density at radius 1 is 1.04 bits per heavy atom. The van der Waals surface area contributed by atoms with Crippen LogP contribution in [0.3, 0.4) is 0 Å². The molecule has 0 spiro atoms. The molecule has 1 aliphatic heterocycles. The van der Waals surface area contributed by atoms with Crippen LogP contribution >= 0.6 is 0 Å². The van der Waals surface area contributed by atoms with E-state index in [-0.39, 0.29) is 11.7 Å². The molecule has 1 heterocycles. The molecule has 1 aliphatic rings. The fourth-order valence-corrected chi connectivity index (χ4v) is 3.03. The summed E-state index contributed by atoms with van der Waals surface area (Å²) < 4.78 is 31.4. The molecule has 7 heteroatoms. The molecule has 1 fully saturated rings. The van der Waals surface area contributed by atoms with Gasteiger partial charge in [-0.05, 0) is 36.2 Å². The highest BCUT2D eigenvalue weighted by molar-refractivity contribution is 5.89. The van der Waals surface area contributed by atoms with Crippen molar-refractivity contribution in [3.63, 3.8) is 0 Å². The van der Waals surface area contributed by atoms with Gasteiger partial charge in [0.2, 0.25) is 0 Å². The lowest BCUT2D eigenvalue weighted by molar-refractivity contribution is 0.148. The molecule has 0 radical (unpaired) electrons. The van der Waals surface area contributed by atoms with E-state index < -0.39 is 11.6 Å². The first-order chi connectivity index (χ1) is 13.0. The Labute approximate surface area is 157 Å². The molecule has 2 amide bonds. The van der Waals surface area contributed by atoms with Gasteiger partial charge in [-0.3, -0.25) is 4.90 Å². The monoisotopic (exact) mass is 375 g/mol. The number of hydrogen-bond donors (Lipinski definition) is 1. The Morgan fingerprint density at radius 3 is 2.37 bits per heavy atom. The van der Waals surface area contributed by atoms with Crippen LogP contribution in [0.15, 0.2) is 42.5 Å². The number of urea groups is 1. The summed E-state index contributed by atoms with van der Waals surface area (Å²) in [5.74, 6) is -1.06. The van der Waals surface area contributed by atoms with E-state index in [0.717, 1.165) is 43.9 Å². The van der Waals surface area contributed by atoms with Crippen molar-refractivity contribution < 1.29 is 18.3 Å². The second-order valence-electron chi connectivity index (χ2n) is 6.49. The summed E-state index contributed by atoms with van der Waals surface area (Å²) in [6, 6.07) is 11.1. The highest BCUT2D eigenvalue weighted by Gasteiger charge is 2.21. The van der Waals surface area contributed by atoms with Crippen molar-refractivity contribution in [2.75, 3.05) is 45.2 Å². The lowest BCUT2D eigenvalue weighted by atomic mass is 10.1. The number of benzene rings is 2. The van der Waals surface area contributed by atoms with Crippen LogP contribution in [0.4, 0.5) is 19.3 Å². The van der Waals surface area contributed by atoms with Crippen LogP contribution in [0.25, 0.3) is 0 Å². The summed E-state index contributed by atoms with van der Waals surface area (Å²) in [6.07, 6.45) is 0.936. The number of amides is 2. The van der Waals surface area contributed by atoms with Crippen molar-refractivity contribution in [2.24, 2.45) is 0 Å². The fraction of sp³-hybridized carbons (Fsp3) is 0.350. The van der Waals surface area contributed by atoms with Gasteiger partial charge in [-0.2, -0.15) is 0 Å². The molecule has 2 aromatic carbocycles. The number of nitrogens with one attached hydrogen (secondary N) is 1. The third kappa shape index (κ3) is 5.17. The summed E-state index contributed by atoms with van der Waals surface area (Å²) in [7, 11) is 1.65. The number of rotatable bonds is 5. The van der Waals surface area contributed by atoms with E-state index in [1.54, 1.807) is 12.0 Å². The average Bonchev–Trinajstić information content (AvgIpc) is 2.70. The van der Waals surface area contributed by atoms with Crippen LogP contribution in [0.5, 0.6) is 5.75 Å². The SMILES string of the molecule is COc1ccc(CCN2CCN(C(=O)Nc3ccc(F)c(F)c3)CC2)cc1. The highest BCUT2D eigenvalue weighted by Crippen LogP contribution is 2.15. The fourth-order valence-electron chi connectivity index (χ4n) is 3.03. The first-order valence-electron chi connectivity index (χ1n) is 8.91. The van der Waals surface area contributed by atoms with Gasteiger partial charge in [-0.25, -0.2) is 13.6 Å². The molecular weight excluding hydrogens is 352 g/mol. The second kappa shape index (κ2) is 8.81. The topological polar surface area (TPSA) is 44.8 Å². The number of carbonyl (C=O) groups excluding carboxylic acids is 1. The molecule has 3 rings (SSSR count). The zero-order chi connectivity index (χ0) is 19.2. The Balaban J connectivity index is 1.43. The molecule has 0 bridgehead atoms. The summed E-state index contributed by atoms with van der Waals surface area (Å²) in [6.45, 7) is 3.67. The lowest BCUT2D eigenvalue weighted by Gasteiger charge is -2.34. The highest BCUT2D eigenvalue weighted by atomic mass is 19.2. The van der Waals surface area contributed by atoms with Crippen molar-refractivity contribution in [3.8, 4) is 5.75 Å². The molecule has 27 heavy (non-hydrogen) atoms. The van der Waals surface area contributed by atoms with Crippen LogP contribution in [-0.4, -0.2) is 55.7 Å². The van der Waals surface area contributed by atoms with Crippen molar-refractivity contribution in [1.82, 2.24) is 9.80 Å². The maximum atomic E-state index is 13.2. The maximum Gasteiger partial charge on any atom is 0.321 e. The number of ether oxygens (including phenoxy) is 1. The number of halogens is 2. The van der Waals surface area contributed by atoms with Gasteiger partial charge >= 0.3 is 6.03 Å². The minimum Gasteiger partial charge on any atom is -0.497 e. The minimum atomic E-state index is -0.976. The van der Waals surface area contributed by atoms with E-state index in [9.17, 15) is 13.6 Å². The van der Waals surface area contributed by atoms with Crippen LogP contribution in [0.2, 0.25) is 0 Å². The first-order valence-corrected chi connectivity index (χ1v) is 8.91. The number of nitrogens with zero attached hydrogens (tertiary/aromatic N) is 2. The van der Waals surface area contributed by atoms with Crippen molar-refractivity contribution in [2.45, 2.75) is 6.42 Å². The van der Waals surface area contributed by atoms with Crippen LogP contribution in [0.1, 0.15) is 5.56 Å². The molecule has 2 aromatic rings. The molecular formula is C20H23F2N3O2. The first kappa shape index (κ1) is 19.1. The number of anilines is 1. The maximum absolute atomic E-state index is 13.2. The summed E-state index contributed by atoms with van der Waals surface area (Å²) in [4.78, 5) is 16.3. The Morgan fingerprint density at radius 2 is 1.74 bits per heavy atom. The van der Waals surface area contributed by atoms with Gasteiger partial charge in [-0.15, -0.1) is 0 Å². The average molecular weight is 375 g/mol. The third-order valence-corrected chi connectivity index (χ3v) is 4.71. The van der Waals surface area contributed by atoms with E-state index in [4.69, 9.17) is 4.74 Å². The summed E-state index contributed by atoms with van der Waals surface area (Å²) in [5.41, 5.74) is 1.50. The van der Waals surface area contributed by atoms with E-state index in [1.165, 1.54) is 11.6 Å². The van der Waals surface area contributed by atoms with Crippen LogP contribution in [0, 0.1) is 11.6 Å². The molecule has 0 saturated carbocycles. The smallest absolute Gasteiger partial charge is 0.321 e. The zero-order valence-electron chi connectivity index (χ0n) is 15.3. The normalized spacial score (nSPS) is 14.9. The Hall–Kier alpha value is -2.67. The van der Waals surface area contributed by atoms with E-state index in [1.807, 2.05) is 12.1 Å². The van der Waals surface area contributed by atoms with Gasteiger partial charge in [0.15, 0.2) is 11.6 Å². The van der Waals surface area contributed by atoms with E-state index >= 15 is 0 Å². The molecule has 0 atom stereocenters.